The first-order valence-corrected chi connectivity index (χ1v) is 9.29. The Morgan fingerprint density at radius 2 is 2.35 bits per heavy atom. The van der Waals surface area contributed by atoms with Gasteiger partial charge in [0.1, 0.15) is 5.82 Å². The van der Waals surface area contributed by atoms with Gasteiger partial charge in [0, 0.05) is 44.1 Å². The molecule has 8 heteroatoms. The van der Waals surface area contributed by atoms with Crippen molar-refractivity contribution in [3.8, 4) is 6.07 Å². The number of hydrazone groups is 1. The summed E-state index contributed by atoms with van der Waals surface area (Å²) in [6, 6.07) is 5.62. The molecule has 3 heterocycles. The van der Waals surface area contributed by atoms with Gasteiger partial charge in [-0.25, -0.2) is 4.98 Å². The number of likely N-dealkylation sites (N-methyl/N-ethyl adjacent to an activating group) is 1. The molecule has 0 aromatic carbocycles. The van der Waals surface area contributed by atoms with E-state index in [4.69, 9.17) is 5.26 Å². The molecule has 2 aliphatic rings. The maximum absolute atomic E-state index is 9.05. The summed E-state index contributed by atoms with van der Waals surface area (Å²) in [5, 5.41) is 16.3. The molecule has 1 fully saturated rings. The van der Waals surface area contributed by atoms with E-state index in [0.29, 0.717) is 24.5 Å². The maximum Gasteiger partial charge on any atom is 0.225 e. The van der Waals surface area contributed by atoms with E-state index >= 15 is 0 Å². The first-order chi connectivity index (χ1) is 12.6. The van der Waals surface area contributed by atoms with Crippen LogP contribution in [0, 0.1) is 11.3 Å². The molecule has 3 rings (SSSR count). The third-order valence-electron chi connectivity index (χ3n) is 5.23. The van der Waals surface area contributed by atoms with E-state index in [-0.39, 0.29) is 12.1 Å². The molecule has 0 radical (unpaired) electrons. The molecule has 0 bridgehead atoms. The van der Waals surface area contributed by atoms with Crippen molar-refractivity contribution >= 4 is 18.0 Å². The molecule has 140 valence electrons. The SMILES string of the molecule is CC(CC#N)N1[C@H](CN(C)c2ccnc(NC3C=NNC3)n2)CC[C@@H]1C. The molecule has 0 spiro atoms. The molecule has 0 aliphatic carbocycles. The summed E-state index contributed by atoms with van der Waals surface area (Å²) < 4.78 is 0. The van der Waals surface area contributed by atoms with Gasteiger partial charge in [-0.2, -0.15) is 15.3 Å². The van der Waals surface area contributed by atoms with Crippen LogP contribution in [-0.2, 0) is 0 Å². The van der Waals surface area contributed by atoms with Crippen LogP contribution < -0.4 is 15.6 Å². The van der Waals surface area contributed by atoms with Crippen LogP contribution in [0.3, 0.4) is 0 Å². The molecule has 26 heavy (non-hydrogen) atoms. The predicted octanol–water partition coefficient (Wildman–Crippen LogP) is 1.44. The molecule has 2 N–H and O–H groups in total. The number of hydrogen-bond donors (Lipinski definition) is 2. The third kappa shape index (κ3) is 4.22. The van der Waals surface area contributed by atoms with Gasteiger partial charge < -0.3 is 15.6 Å². The quantitative estimate of drug-likeness (QED) is 0.763. The summed E-state index contributed by atoms with van der Waals surface area (Å²) in [7, 11) is 2.07. The van der Waals surface area contributed by atoms with Crippen molar-refractivity contribution in [1.29, 1.82) is 5.26 Å². The highest BCUT2D eigenvalue weighted by Crippen LogP contribution is 2.28. The summed E-state index contributed by atoms with van der Waals surface area (Å²) in [4.78, 5) is 13.6. The van der Waals surface area contributed by atoms with Gasteiger partial charge in [0.15, 0.2) is 0 Å². The van der Waals surface area contributed by atoms with Gasteiger partial charge in [-0.1, -0.05) is 0 Å². The normalized spacial score (nSPS) is 26.3. The van der Waals surface area contributed by atoms with Gasteiger partial charge >= 0.3 is 0 Å². The van der Waals surface area contributed by atoms with Crippen LogP contribution in [0.1, 0.15) is 33.1 Å². The summed E-state index contributed by atoms with van der Waals surface area (Å²) >= 11 is 0. The van der Waals surface area contributed by atoms with Gasteiger partial charge in [0.25, 0.3) is 0 Å². The molecular weight excluding hydrogens is 328 g/mol. The van der Waals surface area contributed by atoms with E-state index in [1.807, 2.05) is 12.3 Å². The Morgan fingerprint density at radius 1 is 1.50 bits per heavy atom. The zero-order valence-electron chi connectivity index (χ0n) is 15.8. The van der Waals surface area contributed by atoms with Crippen LogP contribution in [0.25, 0.3) is 0 Å². The summed E-state index contributed by atoms with van der Waals surface area (Å²) in [6.07, 6.45) is 6.52. The minimum Gasteiger partial charge on any atom is -0.358 e. The van der Waals surface area contributed by atoms with Crippen LogP contribution in [0.5, 0.6) is 0 Å². The van der Waals surface area contributed by atoms with E-state index in [0.717, 1.165) is 25.3 Å². The van der Waals surface area contributed by atoms with E-state index in [2.05, 4.69) is 62.6 Å². The Kier molecular flexibility index (Phi) is 5.89. The molecule has 0 saturated carbocycles. The number of nitrogens with one attached hydrogen (secondary N) is 2. The minimum absolute atomic E-state index is 0.119. The van der Waals surface area contributed by atoms with Crippen molar-refractivity contribution in [3.05, 3.63) is 12.3 Å². The summed E-state index contributed by atoms with van der Waals surface area (Å²) in [5.41, 5.74) is 2.92. The van der Waals surface area contributed by atoms with Crippen molar-refractivity contribution in [2.45, 2.75) is 57.3 Å². The molecule has 1 aromatic heterocycles. The van der Waals surface area contributed by atoms with Gasteiger partial charge in [-0.05, 0) is 32.8 Å². The van der Waals surface area contributed by atoms with E-state index < -0.39 is 0 Å². The van der Waals surface area contributed by atoms with Crippen LogP contribution in [0.2, 0.25) is 0 Å². The highest BCUT2D eigenvalue weighted by atomic mass is 15.3. The number of rotatable bonds is 7. The second-order valence-corrected chi connectivity index (χ2v) is 7.25. The lowest BCUT2D eigenvalue weighted by atomic mass is 10.1. The number of nitrogens with zero attached hydrogens (tertiary/aromatic N) is 6. The van der Waals surface area contributed by atoms with Crippen molar-refractivity contribution in [1.82, 2.24) is 20.3 Å². The number of hydrogen-bond acceptors (Lipinski definition) is 8. The van der Waals surface area contributed by atoms with Crippen LogP contribution >= 0.6 is 0 Å². The van der Waals surface area contributed by atoms with Crippen molar-refractivity contribution < 1.29 is 0 Å². The first kappa shape index (κ1) is 18.4. The topological polar surface area (TPSA) is 92.5 Å². The lowest BCUT2D eigenvalue weighted by molar-refractivity contribution is 0.151. The van der Waals surface area contributed by atoms with Crippen LogP contribution in [-0.4, -0.2) is 65.4 Å². The molecule has 1 aromatic rings. The molecule has 2 unspecified atom stereocenters. The van der Waals surface area contributed by atoms with E-state index in [1.54, 1.807) is 6.20 Å². The van der Waals surface area contributed by atoms with Gasteiger partial charge in [-0.15, -0.1) is 0 Å². The van der Waals surface area contributed by atoms with E-state index in [9.17, 15) is 0 Å². The highest BCUT2D eigenvalue weighted by molar-refractivity contribution is 5.70. The Hall–Kier alpha value is -2.40. The predicted molar refractivity (Wildman–Crippen MR) is 103 cm³/mol. The summed E-state index contributed by atoms with van der Waals surface area (Å²) in [5.74, 6) is 1.52. The molecule has 2 aliphatic heterocycles. The van der Waals surface area contributed by atoms with Crippen molar-refractivity contribution in [2.75, 3.05) is 30.4 Å². The summed E-state index contributed by atoms with van der Waals surface area (Å²) in [6.45, 7) is 6.05. The fraction of sp³-hybridized carbons (Fsp3) is 0.667. The van der Waals surface area contributed by atoms with E-state index in [1.165, 1.54) is 6.42 Å². The second-order valence-electron chi connectivity index (χ2n) is 7.25. The Morgan fingerprint density at radius 3 is 3.08 bits per heavy atom. The standard InChI is InChI=1S/C18H28N8/c1-13-4-5-16(26(13)14(2)6-8-19)12-25(3)17-7-9-20-18(24-17)23-15-10-21-22-11-15/h7,9-10,13-16,22H,4-6,11-12H2,1-3H3,(H,20,23,24)/t13-,14?,15?,16-/m0/s1. The van der Waals surface area contributed by atoms with Crippen molar-refractivity contribution in [3.63, 3.8) is 0 Å². The van der Waals surface area contributed by atoms with Gasteiger partial charge in [0.05, 0.1) is 25.1 Å². The Balaban J connectivity index is 1.64. The number of anilines is 2. The lowest BCUT2D eigenvalue weighted by Crippen LogP contribution is -2.46. The number of aromatic nitrogens is 2. The zero-order valence-corrected chi connectivity index (χ0v) is 15.8. The average Bonchev–Trinajstić information content (AvgIpc) is 3.25. The molecule has 0 amide bonds. The lowest BCUT2D eigenvalue weighted by Gasteiger charge is -2.35. The molecule has 4 atom stereocenters. The third-order valence-corrected chi connectivity index (χ3v) is 5.23. The van der Waals surface area contributed by atoms with Crippen LogP contribution in [0.15, 0.2) is 17.4 Å². The smallest absolute Gasteiger partial charge is 0.225 e. The van der Waals surface area contributed by atoms with Crippen molar-refractivity contribution in [2.24, 2.45) is 5.10 Å². The average molecular weight is 356 g/mol. The van der Waals surface area contributed by atoms with Gasteiger partial charge in [0.2, 0.25) is 5.95 Å². The fourth-order valence-corrected chi connectivity index (χ4v) is 3.95. The van der Waals surface area contributed by atoms with Crippen LogP contribution in [0.4, 0.5) is 11.8 Å². The van der Waals surface area contributed by atoms with Gasteiger partial charge in [-0.3, -0.25) is 4.90 Å². The number of nitriles is 1. The molecule has 8 nitrogen and oxygen atoms in total. The maximum atomic E-state index is 9.05. The molecule has 1 saturated heterocycles. The zero-order chi connectivity index (χ0) is 18.5. The Bertz CT molecular complexity index is 669. The Labute approximate surface area is 155 Å². The fourth-order valence-electron chi connectivity index (χ4n) is 3.95. The number of likely N-dealkylation sites (tertiary alicyclic amines) is 1. The largest absolute Gasteiger partial charge is 0.358 e. The highest BCUT2D eigenvalue weighted by Gasteiger charge is 2.34. The second kappa shape index (κ2) is 8.32. The monoisotopic (exact) mass is 356 g/mol. The minimum atomic E-state index is 0.119. The first-order valence-electron chi connectivity index (χ1n) is 9.29. The molecular formula is C18H28N8.